The minimum absolute atomic E-state index is 0.131. The molecule has 1 atom stereocenters. The molecule has 1 aromatic heterocycles. The molecule has 1 saturated heterocycles. The number of aromatic nitrogens is 2. The van der Waals surface area contributed by atoms with Crippen LogP contribution < -0.4 is 15.0 Å². The van der Waals surface area contributed by atoms with Crippen LogP contribution in [0, 0.1) is 6.92 Å². The zero-order valence-corrected chi connectivity index (χ0v) is 13.7. The molecular formula is C16H28N4O. The topological polar surface area (TPSA) is 50.3 Å². The second-order valence-electron chi connectivity index (χ2n) is 5.96. The average molecular weight is 292 g/mol. The van der Waals surface area contributed by atoms with E-state index >= 15 is 0 Å². The van der Waals surface area contributed by atoms with Crippen LogP contribution in [0.25, 0.3) is 0 Å². The van der Waals surface area contributed by atoms with Crippen LogP contribution in [0.15, 0.2) is 6.07 Å². The summed E-state index contributed by atoms with van der Waals surface area (Å²) in [5.41, 5.74) is 0.962. The molecule has 2 rings (SSSR count). The Hall–Kier alpha value is -1.36. The maximum absolute atomic E-state index is 5.75. The van der Waals surface area contributed by atoms with Crippen LogP contribution in [0.1, 0.15) is 45.7 Å². The second-order valence-corrected chi connectivity index (χ2v) is 5.96. The fourth-order valence-corrected chi connectivity index (χ4v) is 2.74. The van der Waals surface area contributed by atoms with E-state index < -0.39 is 0 Å². The standard InChI is InChI=1S/C16H28N4O/c1-5-17-11-14-8-6-7-9-20(14)16-18-13(4)10-15(19-16)21-12(2)3/h10,12,14,17H,5-9,11H2,1-4H3. The normalized spacial score (nSPS) is 19.1. The van der Waals surface area contributed by atoms with Crippen molar-refractivity contribution in [3.05, 3.63) is 11.8 Å². The van der Waals surface area contributed by atoms with Crippen LogP contribution >= 0.6 is 0 Å². The molecule has 0 amide bonds. The monoisotopic (exact) mass is 292 g/mol. The van der Waals surface area contributed by atoms with Gasteiger partial charge in [0.05, 0.1) is 6.10 Å². The summed E-state index contributed by atoms with van der Waals surface area (Å²) >= 11 is 0. The van der Waals surface area contributed by atoms with Crippen molar-refractivity contribution in [3.8, 4) is 5.88 Å². The summed E-state index contributed by atoms with van der Waals surface area (Å²) in [6.07, 6.45) is 3.82. The van der Waals surface area contributed by atoms with Gasteiger partial charge in [-0.15, -0.1) is 0 Å². The molecule has 1 N–H and O–H groups in total. The van der Waals surface area contributed by atoms with Gasteiger partial charge in [0.25, 0.3) is 0 Å². The summed E-state index contributed by atoms with van der Waals surface area (Å²) < 4.78 is 5.75. The Kier molecular flexibility index (Phi) is 5.79. The van der Waals surface area contributed by atoms with Crippen molar-refractivity contribution in [1.29, 1.82) is 0 Å². The van der Waals surface area contributed by atoms with Crippen molar-refractivity contribution in [2.75, 3.05) is 24.5 Å². The molecule has 1 aliphatic heterocycles. The smallest absolute Gasteiger partial charge is 0.229 e. The van der Waals surface area contributed by atoms with Gasteiger partial charge < -0.3 is 15.0 Å². The molecule has 5 heteroatoms. The Morgan fingerprint density at radius 1 is 1.38 bits per heavy atom. The van der Waals surface area contributed by atoms with E-state index in [1.54, 1.807) is 0 Å². The Morgan fingerprint density at radius 3 is 2.90 bits per heavy atom. The second kappa shape index (κ2) is 7.59. The van der Waals surface area contributed by atoms with Gasteiger partial charge in [0, 0.05) is 30.9 Å². The first-order valence-electron chi connectivity index (χ1n) is 8.10. The van der Waals surface area contributed by atoms with Crippen LogP contribution in [-0.2, 0) is 0 Å². The molecular weight excluding hydrogens is 264 g/mol. The van der Waals surface area contributed by atoms with Gasteiger partial charge in [-0.3, -0.25) is 0 Å². The predicted octanol–water partition coefficient (Wildman–Crippen LogP) is 2.54. The maximum Gasteiger partial charge on any atom is 0.229 e. The number of nitrogens with one attached hydrogen (secondary N) is 1. The number of likely N-dealkylation sites (N-methyl/N-ethyl adjacent to an activating group) is 1. The van der Waals surface area contributed by atoms with Crippen molar-refractivity contribution in [3.63, 3.8) is 0 Å². The van der Waals surface area contributed by atoms with E-state index in [2.05, 4.69) is 27.1 Å². The third-order valence-electron chi connectivity index (χ3n) is 3.69. The van der Waals surface area contributed by atoms with Crippen LogP contribution in [0.5, 0.6) is 5.88 Å². The molecule has 0 saturated carbocycles. The number of hydrogen-bond donors (Lipinski definition) is 1. The number of rotatable bonds is 6. The zero-order valence-electron chi connectivity index (χ0n) is 13.7. The number of ether oxygens (including phenoxy) is 1. The van der Waals surface area contributed by atoms with E-state index in [0.29, 0.717) is 11.9 Å². The fraction of sp³-hybridized carbons (Fsp3) is 0.750. The third kappa shape index (κ3) is 4.56. The lowest BCUT2D eigenvalue weighted by Gasteiger charge is -2.36. The average Bonchev–Trinajstić information content (AvgIpc) is 2.44. The molecule has 0 radical (unpaired) electrons. The zero-order chi connectivity index (χ0) is 15.2. The Labute approximate surface area is 128 Å². The van der Waals surface area contributed by atoms with Gasteiger partial charge in [-0.05, 0) is 46.6 Å². The van der Waals surface area contributed by atoms with Crippen LogP contribution in [0.4, 0.5) is 5.95 Å². The number of piperidine rings is 1. The van der Waals surface area contributed by atoms with Crippen molar-refractivity contribution in [1.82, 2.24) is 15.3 Å². The Bertz CT molecular complexity index is 450. The summed E-state index contributed by atoms with van der Waals surface area (Å²) in [5.74, 6) is 1.49. The third-order valence-corrected chi connectivity index (χ3v) is 3.69. The maximum atomic E-state index is 5.75. The Balaban J connectivity index is 2.18. The lowest BCUT2D eigenvalue weighted by atomic mass is 10.0. The number of aryl methyl sites for hydroxylation is 1. The fourth-order valence-electron chi connectivity index (χ4n) is 2.74. The van der Waals surface area contributed by atoms with Gasteiger partial charge in [0.15, 0.2) is 0 Å². The number of anilines is 1. The van der Waals surface area contributed by atoms with Crippen molar-refractivity contribution in [2.24, 2.45) is 0 Å². The molecule has 0 spiro atoms. The SMILES string of the molecule is CCNCC1CCCCN1c1nc(C)cc(OC(C)C)n1. The molecule has 21 heavy (non-hydrogen) atoms. The summed E-state index contributed by atoms with van der Waals surface area (Å²) in [6, 6.07) is 2.39. The molecule has 0 bridgehead atoms. The summed E-state index contributed by atoms with van der Waals surface area (Å²) in [6.45, 7) is 11.2. The quantitative estimate of drug-likeness (QED) is 0.873. The lowest BCUT2D eigenvalue weighted by Crippen LogP contribution is -2.46. The molecule has 1 unspecified atom stereocenters. The number of nitrogens with zero attached hydrogens (tertiary/aromatic N) is 3. The predicted molar refractivity (Wildman–Crippen MR) is 86.1 cm³/mol. The molecule has 0 aromatic carbocycles. The van der Waals surface area contributed by atoms with Crippen LogP contribution in [-0.4, -0.2) is 41.7 Å². The minimum atomic E-state index is 0.131. The molecule has 118 valence electrons. The van der Waals surface area contributed by atoms with Crippen molar-refractivity contribution in [2.45, 2.75) is 59.1 Å². The van der Waals surface area contributed by atoms with Crippen molar-refractivity contribution < 1.29 is 4.74 Å². The van der Waals surface area contributed by atoms with Crippen molar-refractivity contribution >= 4 is 5.95 Å². The molecule has 1 fully saturated rings. The van der Waals surface area contributed by atoms with E-state index in [1.165, 1.54) is 19.3 Å². The largest absolute Gasteiger partial charge is 0.475 e. The van der Waals surface area contributed by atoms with Crippen LogP contribution in [0.3, 0.4) is 0 Å². The van der Waals surface area contributed by atoms with Gasteiger partial charge >= 0.3 is 0 Å². The van der Waals surface area contributed by atoms with E-state index in [-0.39, 0.29) is 6.10 Å². The first-order valence-corrected chi connectivity index (χ1v) is 8.10. The summed E-state index contributed by atoms with van der Waals surface area (Å²) in [5, 5.41) is 3.45. The molecule has 1 aliphatic rings. The highest BCUT2D eigenvalue weighted by Gasteiger charge is 2.24. The van der Waals surface area contributed by atoms with E-state index in [0.717, 1.165) is 31.3 Å². The Morgan fingerprint density at radius 2 is 2.19 bits per heavy atom. The van der Waals surface area contributed by atoms with E-state index in [4.69, 9.17) is 4.74 Å². The highest BCUT2D eigenvalue weighted by atomic mass is 16.5. The van der Waals surface area contributed by atoms with Crippen LogP contribution in [0.2, 0.25) is 0 Å². The van der Waals surface area contributed by atoms with E-state index in [1.807, 2.05) is 26.8 Å². The van der Waals surface area contributed by atoms with Gasteiger partial charge in [-0.1, -0.05) is 6.92 Å². The summed E-state index contributed by atoms with van der Waals surface area (Å²) in [7, 11) is 0. The van der Waals surface area contributed by atoms with Gasteiger partial charge in [-0.25, -0.2) is 4.98 Å². The molecule has 0 aliphatic carbocycles. The van der Waals surface area contributed by atoms with Gasteiger partial charge in [0.2, 0.25) is 11.8 Å². The van der Waals surface area contributed by atoms with E-state index in [9.17, 15) is 0 Å². The highest BCUT2D eigenvalue weighted by Crippen LogP contribution is 2.24. The minimum Gasteiger partial charge on any atom is -0.475 e. The summed E-state index contributed by atoms with van der Waals surface area (Å²) in [4.78, 5) is 11.6. The molecule has 1 aromatic rings. The highest BCUT2D eigenvalue weighted by molar-refractivity contribution is 5.36. The lowest BCUT2D eigenvalue weighted by molar-refractivity contribution is 0.232. The molecule has 5 nitrogen and oxygen atoms in total. The molecule has 2 heterocycles. The first-order chi connectivity index (χ1) is 10.1. The number of hydrogen-bond acceptors (Lipinski definition) is 5. The van der Waals surface area contributed by atoms with Gasteiger partial charge in [0.1, 0.15) is 0 Å². The van der Waals surface area contributed by atoms with Gasteiger partial charge in [-0.2, -0.15) is 4.98 Å². The first kappa shape index (κ1) is 16.0.